The van der Waals surface area contributed by atoms with Crippen molar-refractivity contribution in [2.45, 2.75) is 26.3 Å². The molecule has 0 radical (unpaired) electrons. The fourth-order valence-electron chi connectivity index (χ4n) is 4.08. The largest absolute Gasteiger partial charge is 0.381 e. The summed E-state index contributed by atoms with van der Waals surface area (Å²) in [6, 6.07) is 8.08. The summed E-state index contributed by atoms with van der Waals surface area (Å²) in [5, 5.41) is 10.2. The zero-order chi connectivity index (χ0) is 26.7. The Morgan fingerprint density at radius 3 is 2.63 bits per heavy atom. The minimum Gasteiger partial charge on any atom is -0.381 e. The van der Waals surface area contributed by atoms with Crippen molar-refractivity contribution in [1.82, 2.24) is 39.9 Å². The third-order valence-electron chi connectivity index (χ3n) is 6.19. The van der Waals surface area contributed by atoms with Crippen molar-refractivity contribution in [3.05, 3.63) is 66.4 Å². The van der Waals surface area contributed by atoms with E-state index < -0.39 is 0 Å². The molecule has 0 unspecified atom stereocenters. The van der Waals surface area contributed by atoms with Crippen LogP contribution in [0.5, 0.6) is 0 Å². The zero-order valence-corrected chi connectivity index (χ0v) is 21.8. The molecule has 3 heterocycles. The van der Waals surface area contributed by atoms with Crippen LogP contribution >= 0.6 is 0 Å². The van der Waals surface area contributed by atoms with E-state index in [9.17, 15) is 4.79 Å². The Morgan fingerprint density at radius 2 is 1.89 bits per heavy atom. The number of nitrogen functional groups attached to an aromatic ring is 1. The fraction of sp³-hybridized carbons (Fsp3) is 0.333. The number of benzene rings is 1. The quantitative estimate of drug-likeness (QED) is 0.171. The molecular formula is C27H34N10O. The number of aryl methyl sites for hydroxylation is 2. The van der Waals surface area contributed by atoms with E-state index >= 15 is 0 Å². The summed E-state index contributed by atoms with van der Waals surface area (Å²) in [5.41, 5.74) is 10.7. The SMILES string of the molecule is CCN(CCCc1cnc(-c2cccc(CNc3nc(-c4cnn(C)c4)cnc3N)c2)nc1)CCNC=O. The number of nitrogens with two attached hydrogens (primary N) is 1. The Balaban J connectivity index is 1.33. The van der Waals surface area contributed by atoms with Crippen LogP contribution in [0.3, 0.4) is 0 Å². The van der Waals surface area contributed by atoms with E-state index in [0.717, 1.165) is 61.1 Å². The number of carbonyl (C=O) groups excluding carboxylic acids is 1. The maximum Gasteiger partial charge on any atom is 0.207 e. The Morgan fingerprint density at radius 1 is 1.05 bits per heavy atom. The molecular weight excluding hydrogens is 480 g/mol. The number of amides is 1. The average molecular weight is 515 g/mol. The van der Waals surface area contributed by atoms with Crippen molar-refractivity contribution >= 4 is 18.0 Å². The van der Waals surface area contributed by atoms with Gasteiger partial charge in [-0.15, -0.1) is 0 Å². The van der Waals surface area contributed by atoms with Gasteiger partial charge in [0.05, 0.1) is 18.1 Å². The summed E-state index contributed by atoms with van der Waals surface area (Å²) in [7, 11) is 1.86. The summed E-state index contributed by atoms with van der Waals surface area (Å²) < 4.78 is 1.72. The van der Waals surface area contributed by atoms with Gasteiger partial charge in [-0.1, -0.05) is 25.1 Å². The monoisotopic (exact) mass is 514 g/mol. The van der Waals surface area contributed by atoms with Gasteiger partial charge in [-0.2, -0.15) is 5.10 Å². The van der Waals surface area contributed by atoms with E-state index in [1.165, 1.54) is 0 Å². The summed E-state index contributed by atoms with van der Waals surface area (Å²) in [4.78, 5) is 30.9. The van der Waals surface area contributed by atoms with Crippen LogP contribution in [0, 0.1) is 0 Å². The highest BCUT2D eigenvalue weighted by Gasteiger charge is 2.09. The molecule has 198 valence electrons. The highest BCUT2D eigenvalue weighted by atomic mass is 16.1. The predicted octanol–water partition coefficient (Wildman–Crippen LogP) is 2.53. The summed E-state index contributed by atoms with van der Waals surface area (Å²) in [5.74, 6) is 1.55. The van der Waals surface area contributed by atoms with Crippen LogP contribution < -0.4 is 16.4 Å². The molecule has 1 aromatic carbocycles. The van der Waals surface area contributed by atoms with Crippen molar-refractivity contribution in [1.29, 1.82) is 0 Å². The molecule has 0 fully saturated rings. The Bertz CT molecular complexity index is 1320. The molecule has 1 amide bonds. The lowest BCUT2D eigenvalue weighted by atomic mass is 10.1. The Hall–Kier alpha value is -4.38. The number of carbonyl (C=O) groups is 1. The number of nitrogens with zero attached hydrogens (tertiary/aromatic N) is 7. The van der Waals surface area contributed by atoms with Crippen molar-refractivity contribution in [2.24, 2.45) is 7.05 Å². The molecule has 0 aliphatic heterocycles. The molecule has 4 rings (SSSR count). The smallest absolute Gasteiger partial charge is 0.207 e. The second kappa shape index (κ2) is 13.2. The Kier molecular flexibility index (Phi) is 9.30. The van der Waals surface area contributed by atoms with Crippen LogP contribution in [0.4, 0.5) is 11.6 Å². The van der Waals surface area contributed by atoms with E-state index in [-0.39, 0.29) is 0 Å². The van der Waals surface area contributed by atoms with Gasteiger partial charge in [0, 0.05) is 56.4 Å². The predicted molar refractivity (Wildman–Crippen MR) is 148 cm³/mol. The lowest BCUT2D eigenvalue weighted by molar-refractivity contribution is -0.109. The molecule has 0 aliphatic carbocycles. The number of hydrogen-bond acceptors (Lipinski definition) is 9. The lowest BCUT2D eigenvalue weighted by Gasteiger charge is -2.19. The highest BCUT2D eigenvalue weighted by Crippen LogP contribution is 2.22. The van der Waals surface area contributed by atoms with Gasteiger partial charge in [0.1, 0.15) is 0 Å². The first-order valence-electron chi connectivity index (χ1n) is 12.7. The van der Waals surface area contributed by atoms with Gasteiger partial charge in [0.25, 0.3) is 0 Å². The van der Waals surface area contributed by atoms with Crippen molar-refractivity contribution in [3.8, 4) is 22.6 Å². The first-order chi connectivity index (χ1) is 18.6. The van der Waals surface area contributed by atoms with Gasteiger partial charge < -0.3 is 21.3 Å². The van der Waals surface area contributed by atoms with Gasteiger partial charge in [0.15, 0.2) is 17.5 Å². The highest BCUT2D eigenvalue weighted by molar-refractivity contribution is 5.64. The second-order valence-electron chi connectivity index (χ2n) is 8.97. The van der Waals surface area contributed by atoms with Gasteiger partial charge in [-0.3, -0.25) is 9.48 Å². The molecule has 4 aromatic rings. The van der Waals surface area contributed by atoms with Crippen LogP contribution in [0.25, 0.3) is 22.6 Å². The van der Waals surface area contributed by atoms with Crippen LogP contribution in [-0.4, -0.2) is 67.2 Å². The number of rotatable bonds is 14. The van der Waals surface area contributed by atoms with Gasteiger partial charge in [-0.05, 0) is 43.1 Å². The second-order valence-corrected chi connectivity index (χ2v) is 8.97. The molecule has 3 aromatic heterocycles. The molecule has 11 nitrogen and oxygen atoms in total. The summed E-state index contributed by atoms with van der Waals surface area (Å²) >= 11 is 0. The minimum absolute atomic E-state index is 0.340. The van der Waals surface area contributed by atoms with E-state index in [1.54, 1.807) is 17.1 Å². The van der Waals surface area contributed by atoms with E-state index in [1.807, 2.05) is 43.8 Å². The van der Waals surface area contributed by atoms with E-state index in [4.69, 9.17) is 5.73 Å². The molecule has 0 saturated heterocycles. The first-order valence-corrected chi connectivity index (χ1v) is 12.7. The molecule has 0 saturated carbocycles. The fourth-order valence-corrected chi connectivity index (χ4v) is 4.08. The molecule has 4 N–H and O–H groups in total. The minimum atomic E-state index is 0.340. The maximum absolute atomic E-state index is 10.4. The van der Waals surface area contributed by atoms with E-state index in [0.29, 0.717) is 36.2 Å². The molecule has 0 bridgehead atoms. The van der Waals surface area contributed by atoms with Crippen LogP contribution in [0.1, 0.15) is 24.5 Å². The number of nitrogens with one attached hydrogen (secondary N) is 2. The third-order valence-corrected chi connectivity index (χ3v) is 6.19. The molecule has 38 heavy (non-hydrogen) atoms. The number of hydrogen-bond donors (Lipinski definition) is 3. The van der Waals surface area contributed by atoms with Crippen LogP contribution in [0.2, 0.25) is 0 Å². The van der Waals surface area contributed by atoms with E-state index in [2.05, 4.69) is 53.6 Å². The topological polar surface area (TPSA) is 140 Å². The average Bonchev–Trinajstić information content (AvgIpc) is 3.38. The number of anilines is 2. The summed E-state index contributed by atoms with van der Waals surface area (Å²) in [6.07, 6.45) is 11.7. The number of likely N-dealkylation sites (N-methyl/N-ethyl adjacent to an activating group) is 1. The van der Waals surface area contributed by atoms with Gasteiger partial charge >= 0.3 is 0 Å². The summed E-state index contributed by atoms with van der Waals surface area (Å²) in [6.45, 7) is 6.10. The van der Waals surface area contributed by atoms with Crippen LogP contribution in [0.15, 0.2) is 55.2 Å². The normalized spacial score (nSPS) is 11.0. The van der Waals surface area contributed by atoms with Crippen molar-refractivity contribution < 1.29 is 4.79 Å². The van der Waals surface area contributed by atoms with Gasteiger partial charge in [-0.25, -0.2) is 19.9 Å². The Labute approximate surface area is 222 Å². The maximum atomic E-state index is 10.4. The van der Waals surface area contributed by atoms with Crippen molar-refractivity contribution in [3.63, 3.8) is 0 Å². The molecule has 0 atom stereocenters. The van der Waals surface area contributed by atoms with Crippen LogP contribution in [-0.2, 0) is 24.8 Å². The number of aromatic nitrogens is 6. The third kappa shape index (κ3) is 7.32. The lowest BCUT2D eigenvalue weighted by Crippen LogP contribution is -2.32. The molecule has 11 heteroatoms. The zero-order valence-electron chi connectivity index (χ0n) is 21.8. The van der Waals surface area contributed by atoms with Gasteiger partial charge in [0.2, 0.25) is 6.41 Å². The molecule has 0 spiro atoms. The standard InChI is InChI=1S/C27H34N10O/c1-3-37(11-9-29-19-38)10-5-7-21-14-31-26(32-15-21)22-8-4-6-20(12-22)13-33-27-25(28)30-17-24(35-27)23-16-34-36(2)18-23/h4,6,8,12,14-19H,3,5,7,9-11,13H2,1-2H3,(H2,28,30)(H,29,38)(H,33,35). The molecule has 0 aliphatic rings. The van der Waals surface area contributed by atoms with Crippen molar-refractivity contribution in [2.75, 3.05) is 37.2 Å². The first kappa shape index (κ1) is 26.7.